The van der Waals surface area contributed by atoms with Crippen LogP contribution in [0, 0.1) is 11.8 Å². The Hall–Kier alpha value is -1.39. The second-order valence-electron chi connectivity index (χ2n) is 9.33. The molecule has 4 N–H and O–H groups in total. The topological polar surface area (TPSA) is 83.5 Å². The van der Waals surface area contributed by atoms with E-state index >= 15 is 0 Å². The van der Waals surface area contributed by atoms with Gasteiger partial charge < -0.3 is 15.9 Å². The molecule has 3 aliphatic rings. The molecule has 2 fully saturated rings. The summed E-state index contributed by atoms with van der Waals surface area (Å²) in [5.41, 5.74) is 7.70. The quantitative estimate of drug-likeness (QED) is 0.472. The monoisotopic (exact) mass is 387 g/mol. The Morgan fingerprint density at radius 1 is 1.25 bits per heavy atom. The van der Waals surface area contributed by atoms with Crippen LogP contribution < -0.4 is 5.73 Å². The largest absolute Gasteiger partial charge is 0.479 e. The Morgan fingerprint density at radius 3 is 2.57 bits per heavy atom. The van der Waals surface area contributed by atoms with Crippen LogP contribution in [0.3, 0.4) is 0 Å². The molecule has 4 heteroatoms. The van der Waals surface area contributed by atoms with Crippen molar-refractivity contribution >= 4 is 5.97 Å². The van der Waals surface area contributed by atoms with Crippen LogP contribution in [0.2, 0.25) is 0 Å². The van der Waals surface area contributed by atoms with Gasteiger partial charge in [-0.2, -0.15) is 0 Å². The molecule has 0 aliphatic heterocycles. The van der Waals surface area contributed by atoms with Crippen LogP contribution in [0.4, 0.5) is 0 Å². The molecule has 2 saturated carbocycles. The zero-order chi connectivity index (χ0) is 20.1. The third-order valence-corrected chi connectivity index (χ3v) is 6.73. The molecule has 0 unspecified atom stereocenters. The molecule has 0 amide bonds. The van der Waals surface area contributed by atoms with Gasteiger partial charge >= 0.3 is 5.97 Å². The van der Waals surface area contributed by atoms with E-state index in [-0.39, 0.29) is 6.42 Å². The fraction of sp³-hybridized carbons (Fsp3) is 0.708. The minimum Gasteiger partial charge on any atom is -0.479 e. The lowest BCUT2D eigenvalue weighted by Gasteiger charge is -2.31. The molecule has 0 saturated heterocycles. The van der Waals surface area contributed by atoms with Gasteiger partial charge in [-0.3, -0.25) is 0 Å². The Bertz CT molecular complexity index is 655. The van der Waals surface area contributed by atoms with Crippen LogP contribution in [-0.4, -0.2) is 27.8 Å². The molecular formula is C24H37NO3. The smallest absolute Gasteiger partial charge is 0.337 e. The molecule has 0 spiro atoms. The number of aliphatic carboxylic acids is 1. The number of hydrogen-bond donors (Lipinski definition) is 3. The Labute approximate surface area is 169 Å². The van der Waals surface area contributed by atoms with E-state index in [1.807, 2.05) is 0 Å². The third-order valence-electron chi connectivity index (χ3n) is 6.73. The van der Waals surface area contributed by atoms with E-state index in [1.54, 1.807) is 0 Å². The highest BCUT2D eigenvalue weighted by atomic mass is 16.4. The van der Waals surface area contributed by atoms with Crippen molar-refractivity contribution in [2.24, 2.45) is 17.6 Å². The van der Waals surface area contributed by atoms with Crippen LogP contribution in [0.25, 0.3) is 0 Å². The lowest BCUT2D eigenvalue weighted by Crippen LogP contribution is -2.54. The van der Waals surface area contributed by atoms with Crippen LogP contribution in [0.5, 0.6) is 0 Å². The summed E-state index contributed by atoms with van der Waals surface area (Å²) in [6.45, 7) is 2.06. The number of carboxylic acid groups (broad SMARTS) is 1. The van der Waals surface area contributed by atoms with Crippen molar-refractivity contribution in [2.75, 3.05) is 0 Å². The molecule has 0 aromatic heterocycles. The van der Waals surface area contributed by atoms with E-state index in [4.69, 9.17) is 5.73 Å². The Balaban J connectivity index is 1.72. The number of carboxylic acids is 1. The van der Waals surface area contributed by atoms with Crippen molar-refractivity contribution in [3.8, 4) is 0 Å². The third kappa shape index (κ3) is 6.05. The fourth-order valence-electron chi connectivity index (χ4n) is 4.17. The van der Waals surface area contributed by atoms with Crippen LogP contribution in [0.1, 0.15) is 84.0 Å². The summed E-state index contributed by atoms with van der Waals surface area (Å²) in [4.78, 5) is 12.0. The summed E-state index contributed by atoms with van der Waals surface area (Å²) >= 11 is 0. The normalized spacial score (nSPS) is 29.2. The summed E-state index contributed by atoms with van der Waals surface area (Å²) < 4.78 is 0. The van der Waals surface area contributed by atoms with Gasteiger partial charge in [-0.05, 0) is 68.4 Å². The van der Waals surface area contributed by atoms with E-state index in [0.29, 0.717) is 12.3 Å². The average Bonchev–Trinajstić information content (AvgIpc) is 3.54. The maximum absolute atomic E-state index is 12.0. The molecule has 0 radical (unpaired) electrons. The van der Waals surface area contributed by atoms with Crippen LogP contribution in [-0.2, 0) is 4.79 Å². The summed E-state index contributed by atoms with van der Waals surface area (Å²) in [5.74, 6) is 0.406. The molecule has 0 aromatic carbocycles. The molecule has 0 heterocycles. The van der Waals surface area contributed by atoms with Crippen LogP contribution >= 0.6 is 0 Å². The standard InChI is InChI=1S/C24H37NO3/c1-17-5-2-3-6-20(8-4-7-18-9-10-18)15-21(17)16-24(28,23(26)27)22(25)14-13-19-11-12-19/h3,6,15,18-19,22,28H,2,4-5,7-14,16,25H2,1H3,(H,26,27)/b6-3-,20-15+,21-17-/t22-,24+/m0/s1. The molecule has 2 atom stereocenters. The van der Waals surface area contributed by atoms with Gasteiger partial charge in [0.1, 0.15) is 0 Å². The van der Waals surface area contributed by atoms with E-state index < -0.39 is 17.6 Å². The number of allylic oxidation sites excluding steroid dienone is 5. The highest BCUT2D eigenvalue weighted by molar-refractivity contribution is 5.79. The summed E-state index contributed by atoms with van der Waals surface area (Å²) in [6.07, 6.45) is 18.6. The number of hydrogen-bond acceptors (Lipinski definition) is 3. The van der Waals surface area contributed by atoms with E-state index in [2.05, 4.69) is 25.2 Å². The predicted molar refractivity (Wildman–Crippen MR) is 113 cm³/mol. The first-order valence-corrected chi connectivity index (χ1v) is 11.2. The predicted octanol–water partition coefficient (Wildman–Crippen LogP) is 4.88. The highest BCUT2D eigenvalue weighted by Gasteiger charge is 2.43. The van der Waals surface area contributed by atoms with E-state index in [0.717, 1.165) is 42.7 Å². The molecule has 0 aromatic rings. The summed E-state index contributed by atoms with van der Waals surface area (Å²) in [6, 6.07) is -0.737. The van der Waals surface area contributed by atoms with E-state index in [9.17, 15) is 15.0 Å². The van der Waals surface area contributed by atoms with Gasteiger partial charge in [-0.1, -0.05) is 55.9 Å². The molecule has 28 heavy (non-hydrogen) atoms. The van der Waals surface area contributed by atoms with Crippen molar-refractivity contribution in [2.45, 2.75) is 95.6 Å². The molecular weight excluding hydrogens is 350 g/mol. The lowest BCUT2D eigenvalue weighted by molar-refractivity contribution is -0.161. The van der Waals surface area contributed by atoms with Gasteiger partial charge in [0.25, 0.3) is 0 Å². The second-order valence-corrected chi connectivity index (χ2v) is 9.33. The SMILES string of the molecule is C\C1=C(C[C@](O)(C(=O)O)[C@@H](N)CCC2CC2)/C=C(CCCC2CC2)\C=C/CC1. The first-order valence-electron chi connectivity index (χ1n) is 11.2. The second kappa shape index (κ2) is 9.41. The number of carbonyl (C=O) groups is 1. The van der Waals surface area contributed by atoms with Gasteiger partial charge in [0.15, 0.2) is 5.60 Å². The van der Waals surface area contributed by atoms with E-state index in [1.165, 1.54) is 44.1 Å². The molecule has 3 rings (SSSR count). The zero-order valence-electron chi connectivity index (χ0n) is 17.3. The highest BCUT2D eigenvalue weighted by Crippen LogP contribution is 2.37. The van der Waals surface area contributed by atoms with Gasteiger partial charge in [-0.15, -0.1) is 0 Å². The maximum atomic E-state index is 12.0. The Kier molecular flexibility index (Phi) is 7.16. The number of aliphatic hydroxyl groups is 1. The van der Waals surface area contributed by atoms with Crippen molar-refractivity contribution in [3.05, 3.63) is 34.9 Å². The zero-order valence-corrected chi connectivity index (χ0v) is 17.3. The fourth-order valence-corrected chi connectivity index (χ4v) is 4.17. The van der Waals surface area contributed by atoms with Crippen LogP contribution in [0.15, 0.2) is 34.9 Å². The number of rotatable bonds is 11. The summed E-state index contributed by atoms with van der Waals surface area (Å²) in [5, 5.41) is 20.9. The van der Waals surface area contributed by atoms with Gasteiger partial charge in [0.05, 0.1) is 0 Å². The van der Waals surface area contributed by atoms with Crippen molar-refractivity contribution in [3.63, 3.8) is 0 Å². The molecule has 3 aliphatic carbocycles. The molecule has 0 bridgehead atoms. The summed E-state index contributed by atoms with van der Waals surface area (Å²) in [7, 11) is 0. The molecule has 4 nitrogen and oxygen atoms in total. The number of nitrogens with two attached hydrogens (primary N) is 1. The van der Waals surface area contributed by atoms with Crippen molar-refractivity contribution in [1.82, 2.24) is 0 Å². The van der Waals surface area contributed by atoms with Gasteiger partial charge in [0, 0.05) is 12.5 Å². The minimum absolute atomic E-state index is 0.0972. The lowest BCUT2D eigenvalue weighted by atomic mass is 9.82. The molecule has 156 valence electrons. The first-order chi connectivity index (χ1) is 13.4. The first kappa shape index (κ1) is 21.3. The van der Waals surface area contributed by atoms with Crippen molar-refractivity contribution in [1.29, 1.82) is 0 Å². The van der Waals surface area contributed by atoms with Crippen molar-refractivity contribution < 1.29 is 15.0 Å². The van der Waals surface area contributed by atoms with Gasteiger partial charge in [-0.25, -0.2) is 4.79 Å². The van der Waals surface area contributed by atoms with Gasteiger partial charge in [0.2, 0.25) is 0 Å². The maximum Gasteiger partial charge on any atom is 0.337 e. The Morgan fingerprint density at radius 2 is 1.93 bits per heavy atom. The average molecular weight is 388 g/mol. The minimum atomic E-state index is -1.90.